The minimum Gasteiger partial charge on any atom is -0.393 e. The third-order valence-electron chi connectivity index (χ3n) is 3.01. The second kappa shape index (κ2) is 5.39. The van der Waals surface area contributed by atoms with Crippen LogP contribution in [-0.2, 0) is 0 Å². The summed E-state index contributed by atoms with van der Waals surface area (Å²) in [6.07, 6.45) is 3.69. The van der Waals surface area contributed by atoms with Gasteiger partial charge in [-0.1, -0.05) is 17.7 Å². The van der Waals surface area contributed by atoms with E-state index in [1.54, 1.807) is 0 Å². The van der Waals surface area contributed by atoms with Crippen LogP contribution in [0.3, 0.4) is 0 Å². The van der Waals surface area contributed by atoms with Crippen LogP contribution in [0.2, 0.25) is 5.02 Å². The van der Waals surface area contributed by atoms with Crippen LogP contribution in [0.4, 0.5) is 5.69 Å². The molecular formula is C12H15BrClNO. The van der Waals surface area contributed by atoms with E-state index in [9.17, 15) is 5.11 Å². The van der Waals surface area contributed by atoms with Crippen molar-refractivity contribution in [1.82, 2.24) is 0 Å². The zero-order valence-electron chi connectivity index (χ0n) is 8.92. The maximum Gasteiger partial charge on any atom is 0.0593 e. The van der Waals surface area contributed by atoms with Gasteiger partial charge in [0.15, 0.2) is 0 Å². The van der Waals surface area contributed by atoms with Crippen LogP contribution in [0.25, 0.3) is 0 Å². The minimum absolute atomic E-state index is 0.110. The van der Waals surface area contributed by atoms with E-state index in [-0.39, 0.29) is 6.10 Å². The fraction of sp³-hybridized carbons (Fsp3) is 0.500. The number of rotatable bonds is 2. The molecule has 1 fully saturated rings. The Morgan fingerprint density at radius 2 is 1.94 bits per heavy atom. The molecule has 0 bridgehead atoms. The first-order chi connectivity index (χ1) is 7.66. The molecule has 0 saturated heterocycles. The smallest absolute Gasteiger partial charge is 0.0593 e. The second-order valence-electron chi connectivity index (χ2n) is 4.25. The molecule has 16 heavy (non-hydrogen) atoms. The van der Waals surface area contributed by atoms with Crippen molar-refractivity contribution < 1.29 is 5.11 Å². The Labute approximate surface area is 109 Å². The molecular weight excluding hydrogens is 289 g/mol. The molecule has 0 aromatic heterocycles. The van der Waals surface area contributed by atoms with Gasteiger partial charge in [0.25, 0.3) is 0 Å². The number of hydrogen-bond donors (Lipinski definition) is 2. The van der Waals surface area contributed by atoms with Gasteiger partial charge in [-0.2, -0.15) is 0 Å². The molecule has 0 spiro atoms. The highest BCUT2D eigenvalue weighted by Gasteiger charge is 2.19. The van der Waals surface area contributed by atoms with Crippen LogP contribution >= 0.6 is 27.5 Å². The Morgan fingerprint density at radius 3 is 2.62 bits per heavy atom. The molecule has 0 heterocycles. The van der Waals surface area contributed by atoms with Gasteiger partial charge in [0, 0.05) is 6.04 Å². The fourth-order valence-corrected chi connectivity index (χ4v) is 2.61. The number of halogens is 2. The predicted molar refractivity (Wildman–Crippen MR) is 71.0 cm³/mol. The lowest BCUT2D eigenvalue weighted by molar-refractivity contribution is 0.126. The molecule has 4 heteroatoms. The van der Waals surface area contributed by atoms with Crippen molar-refractivity contribution in [2.24, 2.45) is 0 Å². The average molecular weight is 305 g/mol. The van der Waals surface area contributed by atoms with Crippen LogP contribution in [0.5, 0.6) is 0 Å². The number of anilines is 1. The number of hydrogen-bond acceptors (Lipinski definition) is 2. The fourth-order valence-electron chi connectivity index (χ4n) is 2.06. The Balaban J connectivity index is 2.01. The number of benzene rings is 1. The third-order valence-corrected chi connectivity index (χ3v) is 4.41. The summed E-state index contributed by atoms with van der Waals surface area (Å²) in [5, 5.41) is 13.6. The van der Waals surface area contributed by atoms with E-state index in [2.05, 4.69) is 21.2 Å². The second-order valence-corrected chi connectivity index (χ2v) is 5.45. The van der Waals surface area contributed by atoms with Gasteiger partial charge in [0.05, 0.1) is 21.3 Å². The summed E-state index contributed by atoms with van der Waals surface area (Å²) in [5.74, 6) is 0. The predicted octanol–water partition coefficient (Wildman–Crippen LogP) is 3.82. The Hall–Kier alpha value is -0.250. The molecule has 1 aliphatic carbocycles. The molecule has 1 saturated carbocycles. The van der Waals surface area contributed by atoms with Crippen molar-refractivity contribution >= 4 is 33.2 Å². The van der Waals surface area contributed by atoms with Gasteiger partial charge in [0.1, 0.15) is 0 Å². The molecule has 2 N–H and O–H groups in total. The van der Waals surface area contributed by atoms with E-state index < -0.39 is 0 Å². The first kappa shape index (κ1) is 12.2. The van der Waals surface area contributed by atoms with Crippen molar-refractivity contribution in [3.8, 4) is 0 Å². The van der Waals surface area contributed by atoms with Gasteiger partial charge in [-0.3, -0.25) is 0 Å². The lowest BCUT2D eigenvalue weighted by Gasteiger charge is -2.27. The maximum absolute atomic E-state index is 9.43. The minimum atomic E-state index is -0.110. The first-order valence-electron chi connectivity index (χ1n) is 5.55. The monoisotopic (exact) mass is 303 g/mol. The third kappa shape index (κ3) is 2.90. The van der Waals surface area contributed by atoms with Crippen molar-refractivity contribution in [2.45, 2.75) is 37.8 Å². The standard InChI is InChI=1S/C12H15BrClNO/c13-12-10(14)2-1-3-11(12)15-8-4-6-9(16)7-5-8/h1-3,8-9,15-16H,4-7H2. The van der Waals surface area contributed by atoms with Gasteiger partial charge < -0.3 is 10.4 Å². The maximum atomic E-state index is 9.43. The summed E-state index contributed by atoms with van der Waals surface area (Å²) >= 11 is 9.50. The molecule has 2 rings (SSSR count). The van der Waals surface area contributed by atoms with E-state index in [0.29, 0.717) is 6.04 Å². The molecule has 1 aromatic carbocycles. The lowest BCUT2D eigenvalue weighted by atomic mass is 9.93. The summed E-state index contributed by atoms with van der Waals surface area (Å²) in [7, 11) is 0. The highest BCUT2D eigenvalue weighted by Crippen LogP contribution is 2.32. The summed E-state index contributed by atoms with van der Waals surface area (Å²) in [6.45, 7) is 0. The zero-order chi connectivity index (χ0) is 11.5. The molecule has 0 unspecified atom stereocenters. The molecule has 0 amide bonds. The van der Waals surface area contributed by atoms with Gasteiger partial charge in [0.2, 0.25) is 0 Å². The molecule has 1 aliphatic rings. The van der Waals surface area contributed by atoms with Gasteiger partial charge in [-0.05, 0) is 53.7 Å². The first-order valence-corrected chi connectivity index (χ1v) is 6.72. The van der Waals surface area contributed by atoms with E-state index >= 15 is 0 Å². The van der Waals surface area contributed by atoms with Gasteiger partial charge in [-0.15, -0.1) is 0 Å². The van der Waals surface area contributed by atoms with E-state index in [0.717, 1.165) is 40.9 Å². The van der Waals surface area contributed by atoms with Crippen molar-refractivity contribution in [3.63, 3.8) is 0 Å². The normalized spacial score (nSPS) is 25.4. The van der Waals surface area contributed by atoms with Gasteiger partial charge in [-0.25, -0.2) is 0 Å². The number of nitrogens with one attached hydrogen (secondary N) is 1. The number of aliphatic hydroxyl groups excluding tert-OH is 1. The molecule has 0 atom stereocenters. The molecule has 88 valence electrons. The quantitative estimate of drug-likeness (QED) is 0.870. The summed E-state index contributed by atoms with van der Waals surface area (Å²) < 4.78 is 0.919. The number of aliphatic hydroxyl groups is 1. The van der Waals surface area contributed by atoms with E-state index in [1.165, 1.54) is 0 Å². The van der Waals surface area contributed by atoms with Crippen molar-refractivity contribution in [3.05, 3.63) is 27.7 Å². The summed E-state index contributed by atoms with van der Waals surface area (Å²) in [6, 6.07) is 6.26. The highest BCUT2D eigenvalue weighted by molar-refractivity contribution is 9.10. The van der Waals surface area contributed by atoms with Crippen LogP contribution in [0, 0.1) is 0 Å². The topological polar surface area (TPSA) is 32.3 Å². The van der Waals surface area contributed by atoms with Crippen LogP contribution in [-0.4, -0.2) is 17.3 Å². The summed E-state index contributed by atoms with van der Waals surface area (Å²) in [4.78, 5) is 0. The molecule has 2 nitrogen and oxygen atoms in total. The SMILES string of the molecule is OC1CCC(Nc2cccc(Cl)c2Br)CC1. The van der Waals surface area contributed by atoms with Crippen LogP contribution in [0.15, 0.2) is 22.7 Å². The zero-order valence-corrected chi connectivity index (χ0v) is 11.3. The van der Waals surface area contributed by atoms with Gasteiger partial charge >= 0.3 is 0 Å². The van der Waals surface area contributed by atoms with E-state index in [1.807, 2.05) is 18.2 Å². The van der Waals surface area contributed by atoms with Crippen LogP contribution in [0.1, 0.15) is 25.7 Å². The molecule has 0 aliphatic heterocycles. The molecule has 1 aromatic rings. The Bertz CT molecular complexity index is 364. The van der Waals surface area contributed by atoms with E-state index in [4.69, 9.17) is 11.6 Å². The molecule has 0 radical (unpaired) electrons. The Morgan fingerprint density at radius 1 is 1.25 bits per heavy atom. The lowest BCUT2D eigenvalue weighted by Crippen LogP contribution is -2.28. The summed E-state index contributed by atoms with van der Waals surface area (Å²) in [5.41, 5.74) is 1.04. The van der Waals surface area contributed by atoms with Crippen LogP contribution < -0.4 is 5.32 Å². The largest absolute Gasteiger partial charge is 0.393 e. The highest BCUT2D eigenvalue weighted by atomic mass is 79.9. The Kier molecular flexibility index (Phi) is 4.11. The average Bonchev–Trinajstić information content (AvgIpc) is 2.28. The van der Waals surface area contributed by atoms with Crippen molar-refractivity contribution in [1.29, 1.82) is 0 Å². The van der Waals surface area contributed by atoms with Crippen molar-refractivity contribution in [2.75, 3.05) is 5.32 Å².